The largest absolute Gasteiger partial charge is 0.497 e. The third-order valence-corrected chi connectivity index (χ3v) is 4.92. The van der Waals surface area contributed by atoms with Gasteiger partial charge in [0, 0.05) is 4.88 Å². The monoisotopic (exact) mass is 313 g/mol. The van der Waals surface area contributed by atoms with Crippen molar-refractivity contribution < 1.29 is 4.74 Å². The molecule has 7 heteroatoms. The van der Waals surface area contributed by atoms with Crippen LogP contribution in [0.15, 0.2) is 41.8 Å². The molecule has 6 nitrogen and oxygen atoms in total. The summed E-state index contributed by atoms with van der Waals surface area (Å²) in [6.07, 6.45) is 0.908. The molecule has 4 rings (SSSR count). The number of thiophene rings is 1. The van der Waals surface area contributed by atoms with Gasteiger partial charge in [-0.05, 0) is 46.0 Å². The smallest absolute Gasteiger partial charge is 0.244 e. The molecule has 0 spiro atoms. The molecule has 0 bridgehead atoms. The van der Waals surface area contributed by atoms with Crippen LogP contribution in [0.2, 0.25) is 0 Å². The first kappa shape index (κ1) is 13.3. The Bertz CT molecular complexity index is 753. The van der Waals surface area contributed by atoms with Crippen molar-refractivity contribution in [2.75, 3.05) is 12.4 Å². The molecule has 1 N–H and O–H groups in total. The van der Waals surface area contributed by atoms with Crippen LogP contribution < -0.4 is 10.1 Å². The normalized spacial score (nSPS) is 20.2. The summed E-state index contributed by atoms with van der Waals surface area (Å²) in [5.74, 6) is 1.56. The second-order valence-corrected chi connectivity index (χ2v) is 6.16. The number of benzene rings is 1. The molecule has 0 fully saturated rings. The fraction of sp³-hybridized carbons (Fsp3) is 0.267. The minimum absolute atomic E-state index is 0.115. The van der Waals surface area contributed by atoms with Crippen LogP contribution >= 0.6 is 11.3 Å². The first-order chi connectivity index (χ1) is 10.8. The van der Waals surface area contributed by atoms with Crippen LogP contribution in [0.1, 0.15) is 28.9 Å². The highest BCUT2D eigenvalue weighted by Crippen LogP contribution is 2.38. The van der Waals surface area contributed by atoms with Crippen molar-refractivity contribution in [2.45, 2.75) is 18.5 Å². The third-order valence-electron chi connectivity index (χ3n) is 3.94. The van der Waals surface area contributed by atoms with Crippen molar-refractivity contribution in [1.29, 1.82) is 0 Å². The number of anilines is 1. The summed E-state index contributed by atoms with van der Waals surface area (Å²) in [5.41, 5.74) is 1.18. The maximum absolute atomic E-state index is 5.23. The van der Waals surface area contributed by atoms with Crippen LogP contribution in [0.3, 0.4) is 0 Å². The fourth-order valence-corrected chi connectivity index (χ4v) is 3.61. The molecule has 0 aliphatic carbocycles. The Hall–Kier alpha value is -2.41. The highest BCUT2D eigenvalue weighted by Gasteiger charge is 2.30. The van der Waals surface area contributed by atoms with E-state index in [0.717, 1.165) is 12.2 Å². The summed E-state index contributed by atoms with van der Waals surface area (Å²) >= 11 is 1.75. The average Bonchev–Trinajstić information content (AvgIpc) is 3.25. The Kier molecular flexibility index (Phi) is 3.27. The van der Waals surface area contributed by atoms with Crippen LogP contribution in [0.25, 0.3) is 0 Å². The number of nitrogens with zero attached hydrogens (tertiary/aromatic N) is 4. The molecule has 3 heterocycles. The van der Waals surface area contributed by atoms with E-state index in [-0.39, 0.29) is 12.1 Å². The number of hydrogen-bond acceptors (Lipinski definition) is 6. The Balaban J connectivity index is 1.71. The van der Waals surface area contributed by atoms with Crippen molar-refractivity contribution in [1.82, 2.24) is 20.2 Å². The standard InChI is InChI=1S/C15H15N5OS/c1-21-11-6-4-10(5-7-11)13-9-12(14-3-2-8-22-14)16-15-17-18-19-20(13)15/h2-8,12-13H,9H2,1H3,(H,16,17,19)/t12-,13-/m0/s1. The molecule has 1 aliphatic rings. The van der Waals surface area contributed by atoms with E-state index in [1.54, 1.807) is 18.4 Å². The van der Waals surface area contributed by atoms with Crippen molar-refractivity contribution in [3.8, 4) is 5.75 Å². The fourth-order valence-electron chi connectivity index (χ4n) is 2.82. The quantitative estimate of drug-likeness (QED) is 0.805. The molecule has 2 atom stereocenters. The van der Waals surface area contributed by atoms with Crippen LogP contribution in [0.4, 0.5) is 5.95 Å². The molecular formula is C15H15N5OS. The number of aromatic nitrogens is 4. The Labute approximate surface area is 131 Å². The predicted molar refractivity (Wildman–Crippen MR) is 84.2 cm³/mol. The first-order valence-corrected chi connectivity index (χ1v) is 7.95. The number of fused-ring (bicyclic) bond motifs is 1. The van der Waals surface area contributed by atoms with Crippen molar-refractivity contribution >= 4 is 17.3 Å². The number of methoxy groups -OCH3 is 1. The molecule has 3 aromatic rings. The second-order valence-electron chi connectivity index (χ2n) is 5.18. The molecule has 2 aromatic heterocycles. The Morgan fingerprint density at radius 1 is 1.27 bits per heavy atom. The molecule has 0 radical (unpaired) electrons. The van der Waals surface area contributed by atoms with Gasteiger partial charge >= 0.3 is 0 Å². The lowest BCUT2D eigenvalue weighted by atomic mass is 9.97. The summed E-state index contributed by atoms with van der Waals surface area (Å²) in [4.78, 5) is 1.30. The van der Waals surface area contributed by atoms with Gasteiger partial charge in [0.05, 0.1) is 19.2 Å². The van der Waals surface area contributed by atoms with E-state index < -0.39 is 0 Å². The number of tetrazole rings is 1. The molecule has 0 saturated carbocycles. The number of hydrogen-bond donors (Lipinski definition) is 1. The van der Waals surface area contributed by atoms with E-state index in [0.29, 0.717) is 5.95 Å². The zero-order valence-corrected chi connectivity index (χ0v) is 12.8. The predicted octanol–water partition coefficient (Wildman–Crippen LogP) is 2.89. The average molecular weight is 313 g/mol. The zero-order valence-electron chi connectivity index (χ0n) is 12.0. The minimum Gasteiger partial charge on any atom is -0.497 e. The van der Waals surface area contributed by atoms with E-state index in [9.17, 15) is 0 Å². The zero-order chi connectivity index (χ0) is 14.9. The maximum Gasteiger partial charge on any atom is 0.244 e. The molecule has 1 aliphatic heterocycles. The molecular weight excluding hydrogens is 298 g/mol. The topological polar surface area (TPSA) is 64.9 Å². The summed E-state index contributed by atoms with van der Waals surface area (Å²) < 4.78 is 7.09. The molecule has 1 aromatic carbocycles. The summed E-state index contributed by atoms with van der Waals surface area (Å²) in [7, 11) is 1.67. The van der Waals surface area contributed by atoms with Gasteiger partial charge in [0.1, 0.15) is 5.75 Å². The summed E-state index contributed by atoms with van der Waals surface area (Å²) in [6, 6.07) is 12.7. The van der Waals surface area contributed by atoms with Gasteiger partial charge in [-0.15, -0.1) is 11.3 Å². The SMILES string of the molecule is COc1ccc([C@@H]2C[C@@H](c3cccs3)Nc3nnnn32)cc1. The van der Waals surface area contributed by atoms with Gasteiger partial charge in [0.15, 0.2) is 0 Å². The highest BCUT2D eigenvalue weighted by molar-refractivity contribution is 7.10. The minimum atomic E-state index is 0.115. The number of nitrogens with one attached hydrogen (secondary N) is 1. The second kappa shape index (κ2) is 5.42. The first-order valence-electron chi connectivity index (χ1n) is 7.07. The van der Waals surface area contributed by atoms with E-state index in [4.69, 9.17) is 4.74 Å². The van der Waals surface area contributed by atoms with Gasteiger partial charge in [-0.25, -0.2) is 4.68 Å². The van der Waals surface area contributed by atoms with Gasteiger partial charge in [-0.3, -0.25) is 0 Å². The van der Waals surface area contributed by atoms with Crippen LogP contribution in [-0.4, -0.2) is 27.3 Å². The van der Waals surface area contributed by atoms with Gasteiger partial charge in [0.25, 0.3) is 0 Å². The number of ether oxygens (including phenoxy) is 1. The Morgan fingerprint density at radius 3 is 2.86 bits per heavy atom. The lowest BCUT2D eigenvalue weighted by Gasteiger charge is -2.30. The molecule has 112 valence electrons. The van der Waals surface area contributed by atoms with Crippen LogP contribution in [0.5, 0.6) is 5.75 Å². The van der Waals surface area contributed by atoms with Gasteiger partial charge < -0.3 is 10.1 Å². The molecule has 22 heavy (non-hydrogen) atoms. The summed E-state index contributed by atoms with van der Waals surface area (Å²) in [5, 5.41) is 17.6. The van der Waals surface area contributed by atoms with E-state index in [1.165, 1.54) is 10.4 Å². The maximum atomic E-state index is 5.23. The van der Waals surface area contributed by atoms with Crippen molar-refractivity contribution in [3.63, 3.8) is 0 Å². The Morgan fingerprint density at radius 2 is 2.14 bits per heavy atom. The number of rotatable bonds is 3. The van der Waals surface area contributed by atoms with E-state index in [1.807, 2.05) is 16.8 Å². The molecule has 0 amide bonds. The highest BCUT2D eigenvalue weighted by atomic mass is 32.1. The molecule has 0 saturated heterocycles. The van der Waals surface area contributed by atoms with Crippen molar-refractivity contribution in [3.05, 3.63) is 52.2 Å². The van der Waals surface area contributed by atoms with Gasteiger partial charge in [-0.2, -0.15) is 0 Å². The third kappa shape index (κ3) is 2.23. The van der Waals surface area contributed by atoms with Crippen LogP contribution in [-0.2, 0) is 0 Å². The molecule has 0 unspecified atom stereocenters. The van der Waals surface area contributed by atoms with Crippen molar-refractivity contribution in [2.24, 2.45) is 0 Å². The van der Waals surface area contributed by atoms with Gasteiger partial charge in [0.2, 0.25) is 5.95 Å². The van der Waals surface area contributed by atoms with E-state index >= 15 is 0 Å². The summed E-state index contributed by atoms with van der Waals surface area (Å²) in [6.45, 7) is 0. The van der Waals surface area contributed by atoms with E-state index in [2.05, 4.69) is 50.5 Å². The lowest BCUT2D eigenvalue weighted by Crippen LogP contribution is -2.27. The lowest BCUT2D eigenvalue weighted by molar-refractivity contribution is 0.411. The van der Waals surface area contributed by atoms with Gasteiger partial charge in [-0.1, -0.05) is 23.3 Å². The van der Waals surface area contributed by atoms with Crippen LogP contribution in [0, 0.1) is 0 Å².